The number of nitrogens with zero attached hydrogens (tertiary/aromatic N) is 3. The van der Waals surface area contributed by atoms with Crippen molar-refractivity contribution in [2.45, 2.75) is 39.6 Å². The van der Waals surface area contributed by atoms with Crippen molar-refractivity contribution in [3.63, 3.8) is 0 Å². The molecular formula is C25H51N3O12. The summed E-state index contributed by atoms with van der Waals surface area (Å²) in [6, 6.07) is 0. The molecule has 0 saturated heterocycles. The summed E-state index contributed by atoms with van der Waals surface area (Å²) in [5, 5.41) is 3.39. The normalized spacial score (nSPS) is 13.7. The average Bonchev–Trinajstić information content (AvgIpc) is 2.95. The molecule has 40 heavy (non-hydrogen) atoms. The molecule has 0 N–H and O–H groups in total. The predicted octanol–water partition coefficient (Wildman–Crippen LogP) is 2.16. The van der Waals surface area contributed by atoms with Gasteiger partial charge in [0, 0.05) is 38.4 Å². The summed E-state index contributed by atoms with van der Waals surface area (Å²) >= 11 is 0. The Kier molecular flexibility index (Phi) is 31.4. The van der Waals surface area contributed by atoms with Gasteiger partial charge in [-0.2, -0.15) is 0 Å². The maximum Gasteiger partial charge on any atom is 0.180 e. The zero-order valence-electron chi connectivity index (χ0n) is 24.7. The molecule has 0 aliphatic heterocycles. The molecule has 0 spiro atoms. The smallest absolute Gasteiger partial charge is 0.180 e. The lowest BCUT2D eigenvalue weighted by Gasteiger charge is -2.20. The second kappa shape index (κ2) is 32.3. The van der Waals surface area contributed by atoms with Gasteiger partial charge in [-0.05, 0) is 26.3 Å². The van der Waals surface area contributed by atoms with E-state index in [9.17, 15) is 0 Å². The third-order valence-corrected chi connectivity index (χ3v) is 4.62. The van der Waals surface area contributed by atoms with E-state index in [1.54, 1.807) is 7.11 Å². The summed E-state index contributed by atoms with van der Waals surface area (Å²) in [4.78, 5) is 2.66. The van der Waals surface area contributed by atoms with Crippen molar-refractivity contribution in [1.29, 1.82) is 0 Å². The zero-order chi connectivity index (χ0) is 29.4. The van der Waals surface area contributed by atoms with Crippen molar-refractivity contribution in [3.8, 4) is 0 Å². The Bertz CT molecular complexity index is 561. The molecule has 0 aromatic rings. The summed E-state index contributed by atoms with van der Waals surface area (Å²) in [6.45, 7) is 12.6. The Morgan fingerprint density at radius 3 is 1.30 bits per heavy atom. The average molecular weight is 586 g/mol. The molecule has 0 aromatic heterocycles. The fourth-order valence-corrected chi connectivity index (χ4v) is 2.86. The number of hydrogen-bond acceptors (Lipinski definition) is 13. The number of hydrogen-bond donors (Lipinski definition) is 0. The second-order valence-electron chi connectivity index (χ2n) is 7.66. The summed E-state index contributed by atoms with van der Waals surface area (Å²) in [6.07, 6.45) is -1.53. The van der Waals surface area contributed by atoms with E-state index >= 15 is 0 Å². The topological polar surface area (TPSA) is 160 Å². The van der Waals surface area contributed by atoms with E-state index < -0.39 is 18.9 Å². The Morgan fingerprint density at radius 2 is 0.875 bits per heavy atom. The molecule has 0 aliphatic carbocycles. The number of methoxy groups -OCH3 is 1. The van der Waals surface area contributed by atoms with Gasteiger partial charge in [-0.15, -0.1) is 0 Å². The number of rotatable bonds is 33. The van der Waals surface area contributed by atoms with Crippen LogP contribution in [0.25, 0.3) is 10.4 Å². The van der Waals surface area contributed by atoms with Gasteiger partial charge in [0.05, 0.1) is 92.5 Å². The lowest BCUT2D eigenvalue weighted by atomic mass is 10.6. The maximum atomic E-state index is 8.23. The number of azide groups is 1. The predicted molar refractivity (Wildman–Crippen MR) is 144 cm³/mol. The van der Waals surface area contributed by atoms with Gasteiger partial charge in [-0.1, -0.05) is 5.11 Å². The molecule has 0 radical (unpaired) electrons. The largest absolute Gasteiger partial charge is 0.382 e. The van der Waals surface area contributed by atoms with Gasteiger partial charge in [0.15, 0.2) is 18.9 Å². The Labute approximate surface area is 238 Å². The Morgan fingerprint density at radius 1 is 0.500 bits per heavy atom. The molecule has 0 saturated carbocycles. The second-order valence-corrected chi connectivity index (χ2v) is 7.66. The van der Waals surface area contributed by atoms with Gasteiger partial charge >= 0.3 is 0 Å². The summed E-state index contributed by atoms with van der Waals surface area (Å²) in [5.41, 5.74) is 8.23. The zero-order valence-corrected chi connectivity index (χ0v) is 24.7. The molecule has 238 valence electrons. The molecule has 0 bridgehead atoms. The molecule has 3 atom stereocenters. The van der Waals surface area contributed by atoms with E-state index in [1.165, 1.54) is 0 Å². The van der Waals surface area contributed by atoms with Crippen molar-refractivity contribution in [2.24, 2.45) is 5.11 Å². The van der Waals surface area contributed by atoms with E-state index in [0.717, 1.165) is 0 Å². The molecule has 0 fully saturated rings. The van der Waals surface area contributed by atoms with Gasteiger partial charge in [0.25, 0.3) is 0 Å². The fraction of sp³-hybridized carbons (Fsp3) is 1.00. The lowest BCUT2D eigenvalue weighted by molar-refractivity contribution is -0.200. The van der Waals surface area contributed by atoms with Crippen LogP contribution < -0.4 is 0 Å². The quantitative estimate of drug-likeness (QED) is 0.0364. The van der Waals surface area contributed by atoms with Crippen molar-refractivity contribution >= 4 is 0 Å². The summed E-state index contributed by atoms with van der Waals surface area (Å²) in [7, 11) is 1.63. The molecule has 0 aromatic carbocycles. The SMILES string of the molecule is CCOC(COCCOCCOC)OCCOCC(OCC)OCCOCC(OCC)OCCOCCN=[N+]=[N-]. The first-order chi connectivity index (χ1) is 19.7. The van der Waals surface area contributed by atoms with Crippen LogP contribution in [-0.4, -0.2) is 145 Å². The maximum absolute atomic E-state index is 8.23. The first kappa shape index (κ1) is 38.8. The minimum atomic E-state index is -0.529. The minimum Gasteiger partial charge on any atom is -0.382 e. The molecular weight excluding hydrogens is 534 g/mol. The third kappa shape index (κ3) is 27.0. The van der Waals surface area contributed by atoms with E-state index in [-0.39, 0.29) is 19.8 Å². The van der Waals surface area contributed by atoms with Crippen LogP contribution in [0.5, 0.6) is 0 Å². The summed E-state index contributed by atoms with van der Waals surface area (Å²) < 4.78 is 66.1. The first-order valence-corrected chi connectivity index (χ1v) is 13.8. The third-order valence-electron chi connectivity index (χ3n) is 4.62. The van der Waals surface area contributed by atoms with E-state index in [1.807, 2.05) is 20.8 Å². The van der Waals surface area contributed by atoms with Crippen LogP contribution in [0.1, 0.15) is 20.8 Å². The van der Waals surface area contributed by atoms with E-state index in [2.05, 4.69) is 10.0 Å². The van der Waals surface area contributed by atoms with Crippen molar-refractivity contribution in [2.75, 3.05) is 126 Å². The molecule has 0 rings (SSSR count). The van der Waals surface area contributed by atoms with Crippen molar-refractivity contribution in [3.05, 3.63) is 10.4 Å². The van der Waals surface area contributed by atoms with Crippen LogP contribution in [0.15, 0.2) is 5.11 Å². The highest BCUT2D eigenvalue weighted by Gasteiger charge is 2.13. The van der Waals surface area contributed by atoms with Crippen LogP contribution in [0.4, 0.5) is 0 Å². The van der Waals surface area contributed by atoms with Gasteiger partial charge in [-0.3, -0.25) is 0 Å². The van der Waals surface area contributed by atoms with Crippen LogP contribution in [0, 0.1) is 0 Å². The van der Waals surface area contributed by atoms with E-state index in [4.69, 9.17) is 62.4 Å². The molecule has 0 aliphatic rings. The highest BCUT2D eigenvalue weighted by atomic mass is 16.7. The molecule has 3 unspecified atom stereocenters. The molecule has 15 nitrogen and oxygen atoms in total. The van der Waals surface area contributed by atoms with Gasteiger partial charge < -0.3 is 56.8 Å². The Balaban J connectivity index is 3.97. The van der Waals surface area contributed by atoms with Crippen molar-refractivity contribution < 1.29 is 56.8 Å². The van der Waals surface area contributed by atoms with Crippen LogP contribution in [0.3, 0.4) is 0 Å². The number of ether oxygens (including phenoxy) is 12. The molecule has 15 heteroatoms. The molecule has 0 amide bonds. The summed E-state index contributed by atoms with van der Waals surface area (Å²) in [5.74, 6) is 0. The standard InChI is InChI=1S/C25H51N3O12/c1-5-35-23(20-32-13-12-31-11-10-29-4)39-18-15-34-22-25(37-7-3)40-19-16-33-21-24(36-6-2)38-17-14-30-9-8-27-28-26/h23-25H,5-22H2,1-4H3. The van der Waals surface area contributed by atoms with Gasteiger partial charge in [0.2, 0.25) is 0 Å². The lowest BCUT2D eigenvalue weighted by Crippen LogP contribution is -2.29. The van der Waals surface area contributed by atoms with Crippen LogP contribution in [0.2, 0.25) is 0 Å². The monoisotopic (exact) mass is 585 g/mol. The highest BCUT2D eigenvalue weighted by molar-refractivity contribution is 4.48. The van der Waals surface area contributed by atoms with Gasteiger partial charge in [0.1, 0.15) is 0 Å². The molecule has 0 heterocycles. The van der Waals surface area contributed by atoms with Crippen LogP contribution >= 0.6 is 0 Å². The van der Waals surface area contributed by atoms with Gasteiger partial charge in [-0.25, -0.2) is 0 Å². The van der Waals surface area contributed by atoms with Crippen LogP contribution in [-0.2, 0) is 56.8 Å². The minimum absolute atomic E-state index is 0.245. The first-order valence-electron chi connectivity index (χ1n) is 13.8. The van der Waals surface area contributed by atoms with Crippen molar-refractivity contribution in [1.82, 2.24) is 0 Å². The highest BCUT2D eigenvalue weighted by Crippen LogP contribution is 2.01. The Hall–Kier alpha value is -1.17. The van der Waals surface area contributed by atoms with E-state index in [0.29, 0.717) is 99.1 Å². The fourth-order valence-electron chi connectivity index (χ4n) is 2.86.